The summed E-state index contributed by atoms with van der Waals surface area (Å²) in [6.45, 7) is 4.59. The smallest absolute Gasteiger partial charge is 0.251 e. The predicted molar refractivity (Wildman–Crippen MR) is 107 cm³/mol. The van der Waals surface area contributed by atoms with E-state index in [0.29, 0.717) is 12.6 Å². The fraction of sp³-hybridized carbons (Fsp3) is 0.381. The number of nitrogens with zero attached hydrogens (tertiary/aromatic N) is 3. The molecule has 0 radical (unpaired) electrons. The molecule has 3 heterocycles. The van der Waals surface area contributed by atoms with Gasteiger partial charge in [0.15, 0.2) is 11.5 Å². The third-order valence-electron chi connectivity index (χ3n) is 5.21. The Hall–Kier alpha value is -2.89. The number of anilines is 1. The van der Waals surface area contributed by atoms with Crippen molar-refractivity contribution in [3.05, 3.63) is 47.9 Å². The summed E-state index contributed by atoms with van der Waals surface area (Å²) in [6.07, 6.45) is 10.6. The number of hydrogen-bond donors (Lipinski definition) is 2. The molecule has 0 unspecified atom stereocenters. The molecule has 2 aromatic heterocycles. The van der Waals surface area contributed by atoms with Crippen LogP contribution >= 0.6 is 0 Å². The zero-order valence-corrected chi connectivity index (χ0v) is 15.8. The highest BCUT2D eigenvalue weighted by Gasteiger charge is 2.21. The maximum absolute atomic E-state index is 11.7. The molecule has 140 valence electrons. The summed E-state index contributed by atoms with van der Waals surface area (Å²) in [5.41, 5.74) is 4.66. The average Bonchev–Trinajstić information content (AvgIpc) is 3.45. The summed E-state index contributed by atoms with van der Waals surface area (Å²) in [6, 6.07) is 6.43. The van der Waals surface area contributed by atoms with E-state index in [1.807, 2.05) is 38.4 Å². The van der Waals surface area contributed by atoms with Crippen molar-refractivity contribution in [2.24, 2.45) is 0 Å². The molecule has 0 bridgehead atoms. The lowest BCUT2D eigenvalue weighted by molar-refractivity contribution is 0.0966. The van der Waals surface area contributed by atoms with Crippen LogP contribution in [0.3, 0.4) is 0 Å². The maximum Gasteiger partial charge on any atom is 0.251 e. The fourth-order valence-corrected chi connectivity index (χ4v) is 3.89. The van der Waals surface area contributed by atoms with Crippen molar-refractivity contribution < 1.29 is 4.79 Å². The number of nitrogens with one attached hydrogen (secondary N) is 2. The minimum absolute atomic E-state index is 0.00330. The third kappa shape index (κ3) is 3.16. The molecule has 1 aromatic carbocycles. The molecule has 6 heteroatoms. The van der Waals surface area contributed by atoms with E-state index < -0.39 is 0 Å². The van der Waals surface area contributed by atoms with Gasteiger partial charge in [-0.15, -0.1) is 0 Å². The van der Waals surface area contributed by atoms with Crippen molar-refractivity contribution in [2.75, 3.05) is 5.32 Å². The van der Waals surface area contributed by atoms with Crippen LogP contribution < -0.4 is 10.6 Å². The number of carbonyl (C=O) groups is 1. The monoisotopic (exact) mass is 363 g/mol. The molecule has 3 aromatic rings. The number of imidazole rings is 1. The van der Waals surface area contributed by atoms with Crippen molar-refractivity contribution in [3.63, 3.8) is 0 Å². The van der Waals surface area contributed by atoms with Crippen molar-refractivity contribution in [1.29, 1.82) is 0 Å². The van der Waals surface area contributed by atoms with E-state index in [2.05, 4.69) is 31.1 Å². The van der Waals surface area contributed by atoms with Gasteiger partial charge in [-0.1, -0.05) is 32.8 Å². The van der Waals surface area contributed by atoms with E-state index in [0.717, 1.165) is 33.8 Å². The number of benzene rings is 1. The lowest BCUT2D eigenvalue weighted by Gasteiger charge is -2.15. The summed E-state index contributed by atoms with van der Waals surface area (Å²) in [4.78, 5) is 20.9. The molecule has 2 aliphatic rings. The van der Waals surface area contributed by atoms with E-state index in [9.17, 15) is 4.79 Å². The van der Waals surface area contributed by atoms with E-state index >= 15 is 0 Å². The van der Waals surface area contributed by atoms with Gasteiger partial charge >= 0.3 is 0 Å². The minimum Gasteiger partial charge on any atom is -0.364 e. The Bertz CT molecular complexity index is 972. The number of aromatic nitrogens is 3. The number of amides is 1. The van der Waals surface area contributed by atoms with Crippen LogP contribution in [0.15, 0.2) is 36.8 Å². The van der Waals surface area contributed by atoms with E-state index in [-0.39, 0.29) is 5.91 Å². The minimum atomic E-state index is 0.00330. The third-order valence-corrected chi connectivity index (χ3v) is 5.21. The lowest BCUT2D eigenvalue weighted by Crippen LogP contribution is -2.16. The zero-order valence-electron chi connectivity index (χ0n) is 15.8. The second-order valence-electron chi connectivity index (χ2n) is 6.79. The number of fused-ring (bicyclic) bond motifs is 2. The van der Waals surface area contributed by atoms with Gasteiger partial charge in [0.2, 0.25) is 0 Å². The SMILES string of the molecule is CC.O=C1NCc2cc(-c3cnc(NC4CCCC4)c4nccn34)ccc21. The molecule has 1 aliphatic heterocycles. The molecule has 1 fully saturated rings. The Morgan fingerprint density at radius 1 is 1.19 bits per heavy atom. The average molecular weight is 363 g/mol. The second-order valence-corrected chi connectivity index (χ2v) is 6.79. The number of rotatable bonds is 3. The Kier molecular flexibility index (Phi) is 4.79. The Morgan fingerprint density at radius 2 is 2.00 bits per heavy atom. The van der Waals surface area contributed by atoms with Gasteiger partial charge in [0.05, 0.1) is 11.9 Å². The van der Waals surface area contributed by atoms with Gasteiger partial charge in [-0.3, -0.25) is 9.20 Å². The molecule has 0 saturated heterocycles. The van der Waals surface area contributed by atoms with Crippen LogP contribution in [0.25, 0.3) is 16.9 Å². The van der Waals surface area contributed by atoms with Gasteiger partial charge in [0.1, 0.15) is 0 Å². The molecular formula is C21H25N5O. The van der Waals surface area contributed by atoms with Gasteiger partial charge in [0.25, 0.3) is 5.91 Å². The van der Waals surface area contributed by atoms with Crippen molar-refractivity contribution >= 4 is 17.4 Å². The molecule has 0 spiro atoms. The molecule has 27 heavy (non-hydrogen) atoms. The van der Waals surface area contributed by atoms with Crippen LogP contribution in [0, 0.1) is 0 Å². The first-order valence-corrected chi connectivity index (χ1v) is 9.80. The summed E-state index contributed by atoms with van der Waals surface area (Å²) in [7, 11) is 0. The van der Waals surface area contributed by atoms with Gasteiger partial charge < -0.3 is 10.6 Å². The first kappa shape index (κ1) is 17.5. The molecule has 1 amide bonds. The maximum atomic E-state index is 11.7. The lowest BCUT2D eigenvalue weighted by atomic mass is 10.0. The van der Waals surface area contributed by atoms with Crippen LogP contribution in [0.1, 0.15) is 55.5 Å². The van der Waals surface area contributed by atoms with Gasteiger partial charge in [-0.2, -0.15) is 0 Å². The number of carbonyl (C=O) groups excluding carboxylic acids is 1. The number of hydrogen-bond acceptors (Lipinski definition) is 4. The summed E-state index contributed by atoms with van der Waals surface area (Å²) < 4.78 is 2.07. The van der Waals surface area contributed by atoms with Crippen LogP contribution in [0.4, 0.5) is 5.82 Å². The highest BCUT2D eigenvalue weighted by Crippen LogP contribution is 2.28. The van der Waals surface area contributed by atoms with E-state index in [4.69, 9.17) is 0 Å². The first-order chi connectivity index (χ1) is 13.3. The molecule has 1 aliphatic carbocycles. The van der Waals surface area contributed by atoms with Crippen LogP contribution in [0.5, 0.6) is 0 Å². The molecule has 2 N–H and O–H groups in total. The molecule has 1 saturated carbocycles. The summed E-state index contributed by atoms with van der Waals surface area (Å²) in [5, 5.41) is 6.41. The van der Waals surface area contributed by atoms with Crippen LogP contribution in [0.2, 0.25) is 0 Å². The van der Waals surface area contributed by atoms with Gasteiger partial charge in [0, 0.05) is 36.1 Å². The molecule has 6 nitrogen and oxygen atoms in total. The standard InChI is InChI=1S/C19H19N5O.C2H6/c25-19-15-6-5-12(9-13(15)10-22-19)16-11-21-17(18-20-7-8-24(16)18)23-14-3-1-2-4-14;1-2/h5-9,11,14H,1-4,10H2,(H,21,23)(H,22,25);1-2H3. The topological polar surface area (TPSA) is 71.3 Å². The normalized spacial score (nSPS) is 16.0. The van der Waals surface area contributed by atoms with Gasteiger partial charge in [-0.05, 0) is 30.5 Å². The second kappa shape index (κ2) is 7.39. The first-order valence-electron chi connectivity index (χ1n) is 9.80. The Morgan fingerprint density at radius 3 is 2.81 bits per heavy atom. The Balaban J connectivity index is 0.000000872. The van der Waals surface area contributed by atoms with Crippen LogP contribution in [-0.2, 0) is 6.54 Å². The van der Waals surface area contributed by atoms with E-state index in [1.54, 1.807) is 6.20 Å². The molecule has 5 rings (SSSR count). The quantitative estimate of drug-likeness (QED) is 0.737. The van der Waals surface area contributed by atoms with Crippen LogP contribution in [-0.4, -0.2) is 26.3 Å². The Labute approximate surface area is 159 Å². The van der Waals surface area contributed by atoms with Crippen molar-refractivity contribution in [2.45, 2.75) is 52.1 Å². The largest absolute Gasteiger partial charge is 0.364 e. The highest BCUT2D eigenvalue weighted by atomic mass is 16.1. The highest BCUT2D eigenvalue weighted by molar-refractivity contribution is 5.98. The summed E-state index contributed by atoms with van der Waals surface area (Å²) in [5.74, 6) is 0.849. The predicted octanol–water partition coefficient (Wildman–Crippen LogP) is 4.02. The van der Waals surface area contributed by atoms with Crippen molar-refractivity contribution in [3.8, 4) is 11.3 Å². The van der Waals surface area contributed by atoms with E-state index in [1.165, 1.54) is 25.7 Å². The molecular weight excluding hydrogens is 338 g/mol. The van der Waals surface area contributed by atoms with Gasteiger partial charge in [-0.25, -0.2) is 9.97 Å². The fourth-order valence-electron chi connectivity index (χ4n) is 3.89. The van der Waals surface area contributed by atoms with Crippen molar-refractivity contribution in [1.82, 2.24) is 19.7 Å². The summed E-state index contributed by atoms with van der Waals surface area (Å²) >= 11 is 0. The zero-order chi connectivity index (χ0) is 18.8. The molecule has 0 atom stereocenters.